The summed E-state index contributed by atoms with van der Waals surface area (Å²) in [5.41, 5.74) is 1.32. The number of rotatable bonds is 5. The number of aromatic nitrogens is 1. The summed E-state index contributed by atoms with van der Waals surface area (Å²) in [5.74, 6) is 0.863. The maximum atomic E-state index is 12.3. The smallest absolute Gasteiger partial charge is 0.222 e. The van der Waals surface area contributed by atoms with Crippen molar-refractivity contribution in [3.05, 3.63) is 52.5 Å². The fraction of sp³-hybridized carbons (Fsp3) is 0.444. The van der Waals surface area contributed by atoms with Crippen molar-refractivity contribution in [2.24, 2.45) is 0 Å². The number of aryl methyl sites for hydroxylation is 1. The van der Waals surface area contributed by atoms with Gasteiger partial charge in [0.05, 0.1) is 5.01 Å². The Kier molecular flexibility index (Phi) is 5.22. The van der Waals surface area contributed by atoms with E-state index in [2.05, 4.69) is 29.2 Å². The molecule has 2 heterocycles. The van der Waals surface area contributed by atoms with E-state index >= 15 is 0 Å². The molecule has 0 radical (unpaired) electrons. The number of carbonyl (C=O) groups excluding carboxylic acids is 1. The lowest BCUT2D eigenvalue weighted by atomic mass is 9.97. The molecule has 22 heavy (non-hydrogen) atoms. The number of benzene rings is 1. The Morgan fingerprint density at radius 1 is 1.23 bits per heavy atom. The molecule has 0 spiro atoms. The zero-order valence-electron chi connectivity index (χ0n) is 12.8. The van der Waals surface area contributed by atoms with Crippen LogP contribution in [0.2, 0.25) is 0 Å². The maximum absolute atomic E-state index is 12.3. The number of thiazole rings is 1. The third kappa shape index (κ3) is 3.95. The molecule has 0 saturated carbocycles. The molecule has 1 aliphatic rings. The van der Waals surface area contributed by atoms with Crippen LogP contribution in [-0.4, -0.2) is 28.9 Å². The van der Waals surface area contributed by atoms with Crippen molar-refractivity contribution in [2.75, 3.05) is 13.1 Å². The predicted molar refractivity (Wildman–Crippen MR) is 90.0 cm³/mol. The predicted octanol–water partition coefficient (Wildman–Crippen LogP) is 3.87. The minimum atomic E-state index is 0.313. The molecular formula is C18H22N2OS. The summed E-state index contributed by atoms with van der Waals surface area (Å²) in [6.45, 7) is 1.77. The van der Waals surface area contributed by atoms with Crippen LogP contribution in [0.25, 0.3) is 0 Å². The standard InChI is InChI=1S/C18H22N2OS/c21-17(8-4-7-15-5-2-1-3-6-15)20-12-9-16(10-13-20)18-19-11-14-22-18/h1-3,5-6,11,14,16H,4,7-10,12-13H2. The van der Waals surface area contributed by atoms with Gasteiger partial charge in [0.25, 0.3) is 0 Å². The summed E-state index contributed by atoms with van der Waals surface area (Å²) >= 11 is 1.74. The summed E-state index contributed by atoms with van der Waals surface area (Å²) in [4.78, 5) is 18.7. The molecule has 1 aliphatic heterocycles. The molecule has 116 valence electrons. The minimum Gasteiger partial charge on any atom is -0.343 e. The van der Waals surface area contributed by atoms with Gasteiger partial charge in [-0.3, -0.25) is 4.79 Å². The molecule has 1 aromatic heterocycles. The molecule has 4 heteroatoms. The van der Waals surface area contributed by atoms with Crippen LogP contribution < -0.4 is 0 Å². The summed E-state index contributed by atoms with van der Waals surface area (Å²) in [6.07, 6.45) is 6.57. The van der Waals surface area contributed by atoms with E-state index in [9.17, 15) is 4.79 Å². The van der Waals surface area contributed by atoms with Crippen molar-refractivity contribution in [1.29, 1.82) is 0 Å². The number of amides is 1. The highest BCUT2D eigenvalue weighted by Crippen LogP contribution is 2.29. The Labute approximate surface area is 136 Å². The zero-order valence-corrected chi connectivity index (χ0v) is 13.6. The van der Waals surface area contributed by atoms with Crippen LogP contribution in [0.15, 0.2) is 41.9 Å². The Morgan fingerprint density at radius 3 is 2.68 bits per heavy atom. The molecule has 3 rings (SSSR count). The lowest BCUT2D eigenvalue weighted by Crippen LogP contribution is -2.37. The van der Waals surface area contributed by atoms with Crippen molar-refractivity contribution in [3.8, 4) is 0 Å². The lowest BCUT2D eigenvalue weighted by molar-refractivity contribution is -0.132. The van der Waals surface area contributed by atoms with Gasteiger partial charge in [0.2, 0.25) is 5.91 Å². The fourth-order valence-corrected chi connectivity index (χ4v) is 3.87. The first-order valence-corrected chi connectivity index (χ1v) is 8.92. The second-order valence-corrected chi connectivity index (χ2v) is 6.79. The van der Waals surface area contributed by atoms with Gasteiger partial charge in [0.15, 0.2) is 0 Å². The van der Waals surface area contributed by atoms with Gasteiger partial charge >= 0.3 is 0 Å². The van der Waals surface area contributed by atoms with Gasteiger partial charge in [-0.1, -0.05) is 30.3 Å². The molecule has 2 aromatic rings. The quantitative estimate of drug-likeness (QED) is 0.839. The first-order chi connectivity index (χ1) is 10.8. The first kappa shape index (κ1) is 15.2. The SMILES string of the molecule is O=C(CCCc1ccccc1)N1CCC(c2nccs2)CC1. The molecule has 1 aromatic carbocycles. The number of carbonyl (C=O) groups is 1. The van der Waals surface area contributed by atoms with E-state index in [1.54, 1.807) is 11.3 Å². The van der Waals surface area contributed by atoms with Crippen LogP contribution >= 0.6 is 11.3 Å². The Hall–Kier alpha value is -1.68. The highest BCUT2D eigenvalue weighted by Gasteiger charge is 2.24. The number of nitrogens with zero attached hydrogens (tertiary/aromatic N) is 2. The number of hydrogen-bond donors (Lipinski definition) is 0. The second-order valence-electron chi connectivity index (χ2n) is 5.86. The number of piperidine rings is 1. The molecule has 1 saturated heterocycles. The van der Waals surface area contributed by atoms with E-state index in [0.29, 0.717) is 18.2 Å². The van der Waals surface area contributed by atoms with Gasteiger partial charge in [-0.15, -0.1) is 11.3 Å². The van der Waals surface area contributed by atoms with Gasteiger partial charge in [-0.05, 0) is 31.2 Å². The van der Waals surface area contributed by atoms with Crippen LogP contribution in [0.4, 0.5) is 0 Å². The summed E-state index contributed by atoms with van der Waals surface area (Å²) in [5, 5.41) is 3.27. The largest absolute Gasteiger partial charge is 0.343 e. The lowest BCUT2D eigenvalue weighted by Gasteiger charge is -2.31. The molecule has 0 bridgehead atoms. The molecule has 0 atom stereocenters. The van der Waals surface area contributed by atoms with Crippen molar-refractivity contribution in [2.45, 2.75) is 38.0 Å². The number of hydrogen-bond acceptors (Lipinski definition) is 3. The molecular weight excluding hydrogens is 292 g/mol. The summed E-state index contributed by atoms with van der Waals surface area (Å²) in [7, 11) is 0. The van der Waals surface area contributed by atoms with Gasteiger partial charge in [-0.2, -0.15) is 0 Å². The normalized spacial score (nSPS) is 15.9. The molecule has 0 N–H and O–H groups in total. The maximum Gasteiger partial charge on any atom is 0.222 e. The van der Waals surface area contributed by atoms with Crippen molar-refractivity contribution < 1.29 is 4.79 Å². The highest BCUT2D eigenvalue weighted by atomic mass is 32.1. The molecule has 3 nitrogen and oxygen atoms in total. The van der Waals surface area contributed by atoms with Gasteiger partial charge in [0, 0.05) is 37.0 Å². The van der Waals surface area contributed by atoms with Crippen LogP contribution in [0.1, 0.15) is 42.2 Å². The van der Waals surface area contributed by atoms with Crippen LogP contribution in [-0.2, 0) is 11.2 Å². The number of likely N-dealkylation sites (tertiary alicyclic amines) is 1. The van der Waals surface area contributed by atoms with E-state index < -0.39 is 0 Å². The highest BCUT2D eigenvalue weighted by molar-refractivity contribution is 7.09. The summed E-state index contributed by atoms with van der Waals surface area (Å²) < 4.78 is 0. The van der Waals surface area contributed by atoms with Crippen molar-refractivity contribution in [3.63, 3.8) is 0 Å². The van der Waals surface area contributed by atoms with E-state index in [0.717, 1.165) is 38.8 Å². The molecule has 0 aliphatic carbocycles. The van der Waals surface area contributed by atoms with Crippen molar-refractivity contribution in [1.82, 2.24) is 9.88 Å². The third-order valence-electron chi connectivity index (χ3n) is 4.35. The van der Waals surface area contributed by atoms with Crippen LogP contribution in [0, 0.1) is 0 Å². The average Bonchev–Trinajstić information content (AvgIpc) is 3.10. The van der Waals surface area contributed by atoms with Gasteiger partial charge < -0.3 is 4.90 Å². The van der Waals surface area contributed by atoms with E-state index in [1.807, 2.05) is 22.5 Å². The monoisotopic (exact) mass is 314 g/mol. The van der Waals surface area contributed by atoms with Crippen LogP contribution in [0.3, 0.4) is 0 Å². The van der Waals surface area contributed by atoms with Crippen LogP contribution in [0.5, 0.6) is 0 Å². The zero-order chi connectivity index (χ0) is 15.2. The van der Waals surface area contributed by atoms with E-state index in [-0.39, 0.29) is 0 Å². The topological polar surface area (TPSA) is 33.2 Å². The second kappa shape index (κ2) is 7.54. The third-order valence-corrected chi connectivity index (χ3v) is 5.29. The Bertz CT molecular complexity index is 574. The van der Waals surface area contributed by atoms with E-state index in [1.165, 1.54) is 10.6 Å². The first-order valence-electron chi connectivity index (χ1n) is 8.04. The van der Waals surface area contributed by atoms with E-state index in [4.69, 9.17) is 0 Å². The minimum absolute atomic E-state index is 0.313. The summed E-state index contributed by atoms with van der Waals surface area (Å²) in [6, 6.07) is 10.4. The molecule has 1 fully saturated rings. The van der Waals surface area contributed by atoms with Crippen molar-refractivity contribution >= 4 is 17.2 Å². The molecule has 0 unspecified atom stereocenters. The molecule has 1 amide bonds. The Balaban J connectivity index is 1.40. The fourth-order valence-electron chi connectivity index (χ4n) is 3.06. The van der Waals surface area contributed by atoms with Gasteiger partial charge in [0.1, 0.15) is 0 Å². The average molecular weight is 314 g/mol. The van der Waals surface area contributed by atoms with Gasteiger partial charge in [-0.25, -0.2) is 4.98 Å². The Morgan fingerprint density at radius 2 is 2.00 bits per heavy atom.